The molecule has 0 bridgehead atoms. The minimum absolute atomic E-state index is 0.0651. The van der Waals surface area contributed by atoms with Crippen molar-refractivity contribution < 1.29 is 17.9 Å². The first-order chi connectivity index (χ1) is 12.0. The first-order valence-corrected chi connectivity index (χ1v) is 8.32. The monoisotopic (exact) mass is 351 g/mol. The lowest BCUT2D eigenvalue weighted by atomic mass is 9.84. The van der Waals surface area contributed by atoms with Gasteiger partial charge in [0.1, 0.15) is 5.56 Å². The highest BCUT2D eigenvalue weighted by Crippen LogP contribution is 2.35. The van der Waals surface area contributed by atoms with Gasteiger partial charge in [-0.05, 0) is 36.5 Å². The van der Waals surface area contributed by atoms with Gasteiger partial charge in [-0.15, -0.1) is 0 Å². The molecule has 7 heteroatoms. The van der Waals surface area contributed by atoms with Crippen LogP contribution in [0.1, 0.15) is 49.1 Å². The van der Waals surface area contributed by atoms with Crippen molar-refractivity contribution >= 4 is 11.6 Å². The van der Waals surface area contributed by atoms with E-state index in [-0.39, 0.29) is 5.95 Å². The predicted molar refractivity (Wildman–Crippen MR) is 89.1 cm³/mol. The van der Waals surface area contributed by atoms with Gasteiger partial charge < -0.3 is 10.1 Å². The molecule has 1 aliphatic rings. The lowest BCUT2D eigenvalue weighted by molar-refractivity contribution is -0.139. The lowest BCUT2D eigenvalue weighted by Gasteiger charge is -2.22. The van der Waals surface area contributed by atoms with Crippen molar-refractivity contribution in [3.05, 3.63) is 41.6 Å². The molecule has 1 N–H and O–H groups in total. The fraction of sp³-hybridized carbons (Fsp3) is 0.444. The molecule has 1 heterocycles. The Hall–Kier alpha value is -2.31. The number of anilines is 2. The third-order valence-electron chi connectivity index (χ3n) is 4.50. The van der Waals surface area contributed by atoms with Gasteiger partial charge in [-0.3, -0.25) is 0 Å². The molecule has 0 amide bonds. The Morgan fingerprint density at radius 3 is 2.36 bits per heavy atom. The van der Waals surface area contributed by atoms with Crippen LogP contribution in [0.15, 0.2) is 30.5 Å². The average molecular weight is 351 g/mol. The summed E-state index contributed by atoms with van der Waals surface area (Å²) in [5, 5.41) is 2.92. The Morgan fingerprint density at radius 2 is 1.76 bits per heavy atom. The summed E-state index contributed by atoms with van der Waals surface area (Å²) in [6, 6.07) is 7.91. The molecule has 3 rings (SSSR count). The number of halogens is 3. The maximum Gasteiger partial charge on any atom is 0.423 e. The highest BCUT2D eigenvalue weighted by molar-refractivity contribution is 5.54. The number of rotatable bonds is 4. The number of methoxy groups -OCH3 is 1. The van der Waals surface area contributed by atoms with Crippen LogP contribution in [0.25, 0.3) is 0 Å². The largest absolute Gasteiger partial charge is 0.480 e. The molecular weight excluding hydrogens is 331 g/mol. The van der Waals surface area contributed by atoms with E-state index in [0.29, 0.717) is 5.92 Å². The summed E-state index contributed by atoms with van der Waals surface area (Å²) in [6.45, 7) is 0. The fourth-order valence-electron chi connectivity index (χ4n) is 3.18. The highest BCUT2D eigenvalue weighted by atomic mass is 19.4. The first-order valence-electron chi connectivity index (χ1n) is 8.32. The number of nitrogens with one attached hydrogen (secondary N) is 1. The Morgan fingerprint density at radius 1 is 1.08 bits per heavy atom. The van der Waals surface area contributed by atoms with Crippen LogP contribution in [0.2, 0.25) is 0 Å². The molecule has 1 aromatic carbocycles. The van der Waals surface area contributed by atoms with Gasteiger partial charge in [0, 0.05) is 11.9 Å². The molecule has 0 atom stereocenters. The van der Waals surface area contributed by atoms with E-state index in [4.69, 9.17) is 4.74 Å². The molecule has 4 nitrogen and oxygen atoms in total. The summed E-state index contributed by atoms with van der Waals surface area (Å²) in [6.07, 6.45) is 2.45. The van der Waals surface area contributed by atoms with Crippen molar-refractivity contribution in [2.24, 2.45) is 0 Å². The second-order valence-electron chi connectivity index (χ2n) is 6.20. The summed E-state index contributed by atoms with van der Waals surface area (Å²) in [5.74, 6) is 0.171. The molecule has 0 unspecified atom stereocenters. The van der Waals surface area contributed by atoms with Crippen molar-refractivity contribution in [3.63, 3.8) is 0 Å². The van der Waals surface area contributed by atoms with E-state index >= 15 is 0 Å². The average Bonchev–Trinajstić information content (AvgIpc) is 2.62. The van der Waals surface area contributed by atoms with E-state index in [1.54, 1.807) is 0 Å². The van der Waals surface area contributed by atoms with Crippen LogP contribution in [-0.2, 0) is 6.18 Å². The molecule has 25 heavy (non-hydrogen) atoms. The normalized spacial score (nSPS) is 15.8. The molecular formula is C18H20F3N3O. The minimum Gasteiger partial charge on any atom is -0.480 e. The third kappa shape index (κ3) is 4.21. The van der Waals surface area contributed by atoms with Gasteiger partial charge in [-0.25, -0.2) is 4.98 Å². The summed E-state index contributed by atoms with van der Waals surface area (Å²) in [5.41, 5.74) is 1.03. The van der Waals surface area contributed by atoms with Gasteiger partial charge in [0.25, 0.3) is 0 Å². The molecule has 134 valence electrons. The maximum absolute atomic E-state index is 12.8. The number of aromatic nitrogens is 2. The zero-order valence-corrected chi connectivity index (χ0v) is 13.9. The maximum atomic E-state index is 12.8. The second kappa shape index (κ2) is 7.29. The summed E-state index contributed by atoms with van der Waals surface area (Å²) >= 11 is 0. The van der Waals surface area contributed by atoms with Gasteiger partial charge in [0.05, 0.1) is 7.11 Å². The lowest BCUT2D eigenvalue weighted by Crippen LogP contribution is -2.11. The van der Waals surface area contributed by atoms with Gasteiger partial charge in [0.15, 0.2) is 0 Å². The molecule has 1 aromatic heterocycles. The van der Waals surface area contributed by atoms with E-state index in [2.05, 4.69) is 27.4 Å². The fourth-order valence-corrected chi connectivity index (χ4v) is 3.18. The SMILES string of the molecule is COc1nc(Nc2ccc(C3CCCCC3)cc2)ncc1C(F)(F)F. The van der Waals surface area contributed by atoms with E-state index < -0.39 is 17.6 Å². The van der Waals surface area contributed by atoms with Crippen LogP contribution in [-0.4, -0.2) is 17.1 Å². The number of benzene rings is 1. The molecule has 1 fully saturated rings. The van der Waals surface area contributed by atoms with E-state index in [9.17, 15) is 13.2 Å². The van der Waals surface area contributed by atoms with E-state index in [0.717, 1.165) is 19.0 Å². The molecule has 0 saturated heterocycles. The highest BCUT2D eigenvalue weighted by Gasteiger charge is 2.36. The van der Waals surface area contributed by atoms with Crippen LogP contribution in [0, 0.1) is 0 Å². The molecule has 0 radical (unpaired) electrons. The van der Waals surface area contributed by atoms with Gasteiger partial charge in [-0.1, -0.05) is 31.4 Å². The van der Waals surface area contributed by atoms with Gasteiger partial charge >= 0.3 is 6.18 Å². The third-order valence-corrected chi connectivity index (χ3v) is 4.50. The number of hydrogen-bond acceptors (Lipinski definition) is 4. The topological polar surface area (TPSA) is 47.0 Å². The van der Waals surface area contributed by atoms with Crippen molar-refractivity contribution in [1.82, 2.24) is 9.97 Å². The van der Waals surface area contributed by atoms with Crippen molar-refractivity contribution in [1.29, 1.82) is 0 Å². The van der Waals surface area contributed by atoms with Crippen LogP contribution in [0.3, 0.4) is 0 Å². The standard InChI is InChI=1S/C18H20F3N3O/c1-25-16-15(18(19,20)21)11-22-17(24-16)23-14-9-7-13(8-10-14)12-5-3-2-4-6-12/h7-12H,2-6H2,1H3,(H,22,23,24). The Balaban J connectivity index is 1.73. The molecule has 1 saturated carbocycles. The summed E-state index contributed by atoms with van der Waals surface area (Å²) in [4.78, 5) is 7.54. The summed E-state index contributed by atoms with van der Waals surface area (Å²) in [7, 11) is 1.15. The molecule has 2 aromatic rings. The zero-order chi connectivity index (χ0) is 17.9. The van der Waals surface area contributed by atoms with Crippen LogP contribution in [0.5, 0.6) is 5.88 Å². The van der Waals surface area contributed by atoms with Crippen molar-refractivity contribution in [2.75, 3.05) is 12.4 Å². The Bertz CT molecular complexity index is 710. The van der Waals surface area contributed by atoms with Crippen molar-refractivity contribution in [2.45, 2.75) is 44.2 Å². The Labute approximate surface area is 144 Å². The van der Waals surface area contributed by atoms with Gasteiger partial charge in [-0.2, -0.15) is 18.2 Å². The molecule has 0 aliphatic heterocycles. The van der Waals surface area contributed by atoms with Crippen LogP contribution >= 0.6 is 0 Å². The van der Waals surface area contributed by atoms with Crippen LogP contribution in [0.4, 0.5) is 24.8 Å². The summed E-state index contributed by atoms with van der Waals surface area (Å²) < 4.78 is 43.2. The Kier molecular flexibility index (Phi) is 5.11. The second-order valence-corrected chi connectivity index (χ2v) is 6.20. The van der Waals surface area contributed by atoms with E-state index in [1.165, 1.54) is 37.7 Å². The quantitative estimate of drug-likeness (QED) is 0.812. The minimum atomic E-state index is -4.55. The molecule has 1 aliphatic carbocycles. The van der Waals surface area contributed by atoms with Crippen LogP contribution < -0.4 is 10.1 Å². The van der Waals surface area contributed by atoms with Gasteiger partial charge in [0.2, 0.25) is 11.8 Å². The smallest absolute Gasteiger partial charge is 0.423 e. The van der Waals surface area contributed by atoms with Crippen molar-refractivity contribution in [3.8, 4) is 5.88 Å². The van der Waals surface area contributed by atoms with E-state index in [1.807, 2.05) is 12.1 Å². The first kappa shape index (κ1) is 17.5. The zero-order valence-electron chi connectivity index (χ0n) is 13.9. The molecule has 0 spiro atoms. The predicted octanol–water partition coefficient (Wildman–Crippen LogP) is 5.30. The number of alkyl halides is 3. The number of ether oxygens (including phenoxy) is 1. The number of nitrogens with zero attached hydrogens (tertiary/aromatic N) is 2. The number of hydrogen-bond donors (Lipinski definition) is 1.